The Morgan fingerprint density at radius 2 is 1.92 bits per heavy atom. The van der Waals surface area contributed by atoms with E-state index in [2.05, 4.69) is 41.9 Å². The number of aromatic nitrogens is 1. The fourth-order valence-corrected chi connectivity index (χ4v) is 3.05. The largest absolute Gasteiger partial charge is 0.356 e. The lowest BCUT2D eigenvalue weighted by Crippen LogP contribution is -2.38. The molecule has 1 heterocycles. The number of nitrogens with zero attached hydrogens (tertiary/aromatic N) is 2. The Morgan fingerprint density at radius 1 is 1.20 bits per heavy atom. The van der Waals surface area contributed by atoms with E-state index in [1.807, 2.05) is 25.3 Å². The lowest BCUT2D eigenvalue weighted by molar-refractivity contribution is 0.0953. The number of amides is 1. The average Bonchev–Trinajstić information content (AvgIpc) is 3.03. The van der Waals surface area contributed by atoms with Gasteiger partial charge in [-0.05, 0) is 37.6 Å². The molecular weight excluding hydrogens is 402 g/mol. The van der Waals surface area contributed by atoms with Crippen molar-refractivity contribution in [3.05, 3.63) is 50.4 Å². The maximum absolute atomic E-state index is 12.0. The van der Waals surface area contributed by atoms with E-state index < -0.39 is 0 Å². The maximum atomic E-state index is 12.0. The molecule has 0 radical (unpaired) electrons. The molecule has 3 N–H and O–H groups in total. The number of halogens is 1. The molecule has 25 heavy (non-hydrogen) atoms. The van der Waals surface area contributed by atoms with Gasteiger partial charge in [-0.25, -0.2) is 4.98 Å². The van der Waals surface area contributed by atoms with Crippen molar-refractivity contribution in [1.82, 2.24) is 20.9 Å². The van der Waals surface area contributed by atoms with E-state index in [1.54, 1.807) is 30.5 Å². The van der Waals surface area contributed by atoms with Crippen LogP contribution in [0.5, 0.6) is 0 Å². The second-order valence-electron chi connectivity index (χ2n) is 5.33. The summed E-state index contributed by atoms with van der Waals surface area (Å²) in [6, 6.07) is 7.31. The number of aliphatic imine (C=N–C) groups is 1. The van der Waals surface area contributed by atoms with Gasteiger partial charge >= 0.3 is 0 Å². The second-order valence-corrected chi connectivity index (χ2v) is 7.57. The van der Waals surface area contributed by atoms with Crippen molar-refractivity contribution in [2.24, 2.45) is 4.99 Å². The van der Waals surface area contributed by atoms with Gasteiger partial charge in [-0.2, -0.15) is 0 Å². The van der Waals surface area contributed by atoms with Crippen LogP contribution in [0.25, 0.3) is 0 Å². The van der Waals surface area contributed by atoms with Crippen LogP contribution in [0.3, 0.4) is 0 Å². The minimum absolute atomic E-state index is 0.0610. The number of hydrogen-bond acceptors (Lipinski definition) is 4. The highest BCUT2D eigenvalue weighted by Gasteiger charge is 2.04. The summed E-state index contributed by atoms with van der Waals surface area (Å²) in [6.07, 6.45) is 2.67. The number of nitrogens with one attached hydrogen (secondary N) is 3. The fraction of sp³-hybridized carbons (Fsp3) is 0.353. The van der Waals surface area contributed by atoms with Crippen LogP contribution >= 0.6 is 27.3 Å². The first-order valence-corrected chi connectivity index (χ1v) is 9.59. The van der Waals surface area contributed by atoms with E-state index in [9.17, 15) is 4.79 Å². The van der Waals surface area contributed by atoms with Gasteiger partial charge in [-0.1, -0.05) is 15.9 Å². The molecule has 0 unspecified atom stereocenters. The summed E-state index contributed by atoms with van der Waals surface area (Å²) in [5.74, 6) is 0.668. The number of thiazole rings is 1. The quantitative estimate of drug-likeness (QED) is 0.363. The summed E-state index contributed by atoms with van der Waals surface area (Å²) in [5.41, 5.74) is 0.660. The van der Waals surface area contributed by atoms with Crippen LogP contribution in [0.15, 0.2) is 39.9 Å². The lowest BCUT2D eigenvalue weighted by Gasteiger charge is -2.11. The molecule has 1 aromatic heterocycles. The molecule has 0 atom stereocenters. The number of guanidine groups is 1. The first kappa shape index (κ1) is 19.4. The zero-order chi connectivity index (χ0) is 18.1. The van der Waals surface area contributed by atoms with E-state index in [0.29, 0.717) is 18.7 Å². The minimum Gasteiger partial charge on any atom is -0.356 e. The van der Waals surface area contributed by atoms with Crippen molar-refractivity contribution in [1.29, 1.82) is 0 Å². The SMILES string of the molecule is CN=C(NCCCNC(=O)c1ccc(Br)cc1)NCc1ncc(C)s1. The zero-order valence-electron chi connectivity index (χ0n) is 14.3. The van der Waals surface area contributed by atoms with Crippen molar-refractivity contribution in [3.63, 3.8) is 0 Å². The molecule has 0 bridgehead atoms. The van der Waals surface area contributed by atoms with Gasteiger partial charge in [-0.3, -0.25) is 9.79 Å². The summed E-state index contributed by atoms with van der Waals surface area (Å²) in [5, 5.41) is 10.4. The molecule has 1 amide bonds. The third kappa shape index (κ3) is 6.83. The fourth-order valence-electron chi connectivity index (χ4n) is 2.06. The Labute approximate surface area is 160 Å². The standard InChI is InChI=1S/C17H22BrN5OS/c1-12-10-22-15(25-12)11-23-17(19-2)21-9-3-8-20-16(24)13-4-6-14(18)7-5-13/h4-7,10H,3,8-9,11H2,1-2H3,(H,20,24)(H2,19,21,23). The predicted molar refractivity (Wildman–Crippen MR) is 106 cm³/mol. The van der Waals surface area contributed by atoms with Gasteiger partial charge in [-0.15, -0.1) is 11.3 Å². The van der Waals surface area contributed by atoms with E-state index in [4.69, 9.17) is 0 Å². The third-order valence-corrected chi connectivity index (χ3v) is 4.78. The number of rotatable bonds is 7. The highest BCUT2D eigenvalue weighted by molar-refractivity contribution is 9.10. The molecule has 0 aliphatic heterocycles. The van der Waals surface area contributed by atoms with Gasteiger partial charge < -0.3 is 16.0 Å². The number of benzene rings is 1. The molecule has 0 aliphatic carbocycles. The van der Waals surface area contributed by atoms with Crippen LogP contribution in [0.1, 0.15) is 26.7 Å². The molecule has 134 valence electrons. The second kappa shape index (κ2) is 10.1. The zero-order valence-corrected chi connectivity index (χ0v) is 16.7. The third-order valence-electron chi connectivity index (χ3n) is 3.34. The van der Waals surface area contributed by atoms with Gasteiger partial charge in [0, 0.05) is 41.2 Å². The number of hydrogen-bond donors (Lipinski definition) is 3. The smallest absolute Gasteiger partial charge is 0.251 e. The molecule has 1 aromatic carbocycles. The van der Waals surface area contributed by atoms with Crippen LogP contribution in [0.2, 0.25) is 0 Å². The van der Waals surface area contributed by atoms with Crippen molar-refractivity contribution in [2.75, 3.05) is 20.1 Å². The molecule has 0 fully saturated rings. The van der Waals surface area contributed by atoms with Gasteiger partial charge in [0.15, 0.2) is 5.96 Å². The Bertz CT molecular complexity index is 714. The number of carbonyl (C=O) groups excluding carboxylic acids is 1. The molecule has 6 nitrogen and oxygen atoms in total. The summed E-state index contributed by atoms with van der Waals surface area (Å²) in [4.78, 5) is 21.7. The highest BCUT2D eigenvalue weighted by Crippen LogP contribution is 2.11. The Hall–Kier alpha value is -1.93. The van der Waals surface area contributed by atoms with Gasteiger partial charge in [0.05, 0.1) is 6.54 Å². The van der Waals surface area contributed by atoms with Gasteiger partial charge in [0.2, 0.25) is 0 Å². The van der Waals surface area contributed by atoms with E-state index >= 15 is 0 Å². The molecule has 2 aromatic rings. The van der Waals surface area contributed by atoms with Crippen LogP contribution in [-0.2, 0) is 6.54 Å². The number of carbonyl (C=O) groups is 1. The monoisotopic (exact) mass is 423 g/mol. The highest BCUT2D eigenvalue weighted by atomic mass is 79.9. The first-order valence-electron chi connectivity index (χ1n) is 7.98. The van der Waals surface area contributed by atoms with Crippen molar-refractivity contribution < 1.29 is 4.79 Å². The molecule has 0 spiro atoms. The molecule has 8 heteroatoms. The van der Waals surface area contributed by atoms with Crippen LogP contribution in [-0.4, -0.2) is 37.0 Å². The average molecular weight is 424 g/mol. The molecule has 0 aliphatic rings. The van der Waals surface area contributed by atoms with Gasteiger partial charge in [0.25, 0.3) is 5.91 Å². The maximum Gasteiger partial charge on any atom is 0.251 e. The van der Waals surface area contributed by atoms with E-state index in [1.165, 1.54) is 4.88 Å². The Morgan fingerprint density at radius 3 is 2.56 bits per heavy atom. The van der Waals surface area contributed by atoms with E-state index in [-0.39, 0.29) is 5.91 Å². The predicted octanol–water partition coefficient (Wildman–Crippen LogP) is 2.70. The van der Waals surface area contributed by atoms with Crippen molar-refractivity contribution >= 4 is 39.1 Å². The van der Waals surface area contributed by atoms with Crippen LogP contribution in [0, 0.1) is 6.92 Å². The Kier molecular flexibility index (Phi) is 7.87. The normalized spacial score (nSPS) is 11.2. The Balaban J connectivity index is 1.62. The number of aryl methyl sites for hydroxylation is 1. The van der Waals surface area contributed by atoms with Crippen LogP contribution < -0.4 is 16.0 Å². The molecule has 2 rings (SSSR count). The summed E-state index contributed by atoms with van der Waals surface area (Å²) < 4.78 is 0.958. The lowest BCUT2D eigenvalue weighted by atomic mass is 10.2. The van der Waals surface area contributed by atoms with Crippen molar-refractivity contribution in [3.8, 4) is 0 Å². The van der Waals surface area contributed by atoms with Crippen LogP contribution in [0.4, 0.5) is 0 Å². The minimum atomic E-state index is -0.0610. The van der Waals surface area contributed by atoms with E-state index in [0.717, 1.165) is 28.4 Å². The molecule has 0 saturated heterocycles. The van der Waals surface area contributed by atoms with Gasteiger partial charge in [0.1, 0.15) is 5.01 Å². The first-order chi connectivity index (χ1) is 12.1. The summed E-state index contributed by atoms with van der Waals surface area (Å²) >= 11 is 5.02. The summed E-state index contributed by atoms with van der Waals surface area (Å²) in [7, 11) is 1.73. The summed E-state index contributed by atoms with van der Waals surface area (Å²) in [6.45, 7) is 4.01. The molecule has 0 saturated carbocycles. The topological polar surface area (TPSA) is 78.4 Å². The molecular formula is C17H22BrN5OS. The van der Waals surface area contributed by atoms with Crippen molar-refractivity contribution in [2.45, 2.75) is 19.9 Å².